The molecule has 0 unspecified atom stereocenters. The maximum atomic E-state index is 13.9. The first-order valence-corrected chi connectivity index (χ1v) is 9.01. The lowest BCUT2D eigenvalue weighted by Gasteiger charge is -2.22. The molecule has 0 bridgehead atoms. The third kappa shape index (κ3) is 4.36. The van der Waals surface area contributed by atoms with Gasteiger partial charge in [-0.25, -0.2) is 9.18 Å². The maximum absolute atomic E-state index is 13.9. The number of carbonyl (C=O) groups excluding carboxylic acids is 4. The van der Waals surface area contributed by atoms with E-state index in [2.05, 4.69) is 11.9 Å². The van der Waals surface area contributed by atoms with Gasteiger partial charge in [0.2, 0.25) is 17.7 Å². The third-order valence-electron chi connectivity index (χ3n) is 4.96. The Morgan fingerprint density at radius 2 is 2.07 bits per heavy atom. The second-order valence-corrected chi connectivity index (χ2v) is 6.86. The van der Waals surface area contributed by atoms with Crippen molar-refractivity contribution in [3.8, 4) is 0 Å². The van der Waals surface area contributed by atoms with Crippen molar-refractivity contribution in [3.63, 3.8) is 0 Å². The van der Waals surface area contributed by atoms with Crippen LogP contribution in [0.2, 0.25) is 0 Å². The fourth-order valence-electron chi connectivity index (χ4n) is 3.49. The molecule has 10 heteroatoms. The lowest BCUT2D eigenvalue weighted by Crippen LogP contribution is -2.47. The number of nitrogens with two attached hydrogens (primary N) is 1. The van der Waals surface area contributed by atoms with Gasteiger partial charge in [-0.3, -0.25) is 19.3 Å². The van der Waals surface area contributed by atoms with E-state index in [1.54, 1.807) is 12.1 Å². The molecule has 0 aliphatic carbocycles. The predicted molar refractivity (Wildman–Crippen MR) is 98.4 cm³/mol. The Bertz CT molecular complexity index is 874. The SMILES string of the molecule is C=CC(=O)NCC(=O)N1C[C@H](OC(=O)N2Cc3cccc(F)c3C2)C[C@H]1C(N)=O. The minimum Gasteiger partial charge on any atom is -0.444 e. The number of halogens is 1. The van der Waals surface area contributed by atoms with Crippen LogP contribution in [-0.2, 0) is 32.2 Å². The van der Waals surface area contributed by atoms with Crippen LogP contribution in [0, 0.1) is 5.82 Å². The molecule has 0 aromatic heterocycles. The van der Waals surface area contributed by atoms with Crippen LogP contribution in [0.15, 0.2) is 30.9 Å². The maximum Gasteiger partial charge on any atom is 0.410 e. The first-order chi connectivity index (χ1) is 13.8. The zero-order chi connectivity index (χ0) is 21.1. The van der Waals surface area contributed by atoms with Crippen molar-refractivity contribution in [2.24, 2.45) is 5.73 Å². The normalized spacial score (nSPS) is 20.2. The second-order valence-electron chi connectivity index (χ2n) is 6.86. The molecule has 2 heterocycles. The average Bonchev–Trinajstić information content (AvgIpc) is 3.31. The third-order valence-corrected chi connectivity index (χ3v) is 4.96. The molecule has 2 aliphatic heterocycles. The zero-order valence-electron chi connectivity index (χ0n) is 15.6. The highest BCUT2D eigenvalue weighted by atomic mass is 19.1. The van der Waals surface area contributed by atoms with Gasteiger partial charge >= 0.3 is 6.09 Å². The molecule has 2 aliphatic rings. The van der Waals surface area contributed by atoms with E-state index < -0.39 is 36.0 Å². The van der Waals surface area contributed by atoms with E-state index in [0.29, 0.717) is 11.1 Å². The molecule has 3 N–H and O–H groups in total. The molecule has 1 saturated heterocycles. The molecule has 0 radical (unpaired) electrons. The number of hydrogen-bond acceptors (Lipinski definition) is 5. The molecule has 9 nitrogen and oxygen atoms in total. The van der Waals surface area contributed by atoms with E-state index in [4.69, 9.17) is 10.5 Å². The summed E-state index contributed by atoms with van der Waals surface area (Å²) in [5, 5.41) is 2.33. The number of nitrogens with one attached hydrogen (secondary N) is 1. The van der Waals surface area contributed by atoms with Gasteiger partial charge in [0.05, 0.1) is 19.6 Å². The monoisotopic (exact) mass is 404 g/mol. The van der Waals surface area contributed by atoms with Gasteiger partial charge in [0, 0.05) is 18.5 Å². The second kappa shape index (κ2) is 8.29. The molecule has 1 fully saturated rings. The van der Waals surface area contributed by atoms with Gasteiger partial charge < -0.3 is 20.7 Å². The fourth-order valence-corrected chi connectivity index (χ4v) is 3.49. The van der Waals surface area contributed by atoms with E-state index >= 15 is 0 Å². The highest BCUT2D eigenvalue weighted by Crippen LogP contribution is 2.27. The molecule has 154 valence electrons. The van der Waals surface area contributed by atoms with Gasteiger partial charge in [0.15, 0.2) is 0 Å². The predicted octanol–water partition coefficient (Wildman–Crippen LogP) is 0.0349. The van der Waals surface area contributed by atoms with Crippen LogP contribution in [0.5, 0.6) is 0 Å². The minimum absolute atomic E-state index is 0.0305. The smallest absolute Gasteiger partial charge is 0.410 e. The van der Waals surface area contributed by atoms with Crippen LogP contribution in [0.25, 0.3) is 0 Å². The Hall–Kier alpha value is -3.43. The lowest BCUT2D eigenvalue weighted by atomic mass is 10.1. The lowest BCUT2D eigenvalue weighted by molar-refractivity contribution is -0.137. The standard InChI is InChI=1S/C19H21FN4O5/c1-2-16(25)22-7-17(26)24-9-12(6-15(24)18(21)27)29-19(28)23-8-11-4-3-5-14(20)13(11)10-23/h2-5,12,15H,1,6-10H2,(H2,21,27)(H,22,25)/t12-,15+/m1/s1. The highest BCUT2D eigenvalue weighted by Gasteiger charge is 2.41. The summed E-state index contributed by atoms with van der Waals surface area (Å²) >= 11 is 0. The van der Waals surface area contributed by atoms with Crippen LogP contribution >= 0.6 is 0 Å². The van der Waals surface area contributed by atoms with Gasteiger partial charge in [0.1, 0.15) is 18.0 Å². The molecule has 3 rings (SSSR count). The summed E-state index contributed by atoms with van der Waals surface area (Å²) in [7, 11) is 0. The highest BCUT2D eigenvalue weighted by molar-refractivity contribution is 5.93. The number of ether oxygens (including phenoxy) is 1. The molecule has 0 saturated carbocycles. The summed E-state index contributed by atoms with van der Waals surface area (Å²) in [6.07, 6.45) is -0.336. The molecular formula is C19H21FN4O5. The quantitative estimate of drug-likeness (QED) is 0.671. The summed E-state index contributed by atoms with van der Waals surface area (Å²) < 4.78 is 19.3. The number of fused-ring (bicyclic) bond motifs is 1. The van der Waals surface area contributed by atoms with Gasteiger partial charge in [-0.1, -0.05) is 18.7 Å². The van der Waals surface area contributed by atoms with Gasteiger partial charge in [-0.2, -0.15) is 0 Å². The topological polar surface area (TPSA) is 122 Å². The molecule has 0 spiro atoms. The first-order valence-electron chi connectivity index (χ1n) is 9.01. The molecule has 1 aromatic carbocycles. The number of rotatable bonds is 5. The Kier molecular flexibility index (Phi) is 5.81. The molecule has 29 heavy (non-hydrogen) atoms. The molecule has 2 atom stereocenters. The first kappa shape index (κ1) is 20.3. The molecule has 1 aromatic rings. The number of carbonyl (C=O) groups is 4. The van der Waals surface area contributed by atoms with Crippen molar-refractivity contribution >= 4 is 23.8 Å². The number of benzene rings is 1. The van der Waals surface area contributed by atoms with Crippen molar-refractivity contribution in [1.29, 1.82) is 0 Å². The van der Waals surface area contributed by atoms with E-state index in [9.17, 15) is 23.6 Å². The van der Waals surface area contributed by atoms with E-state index in [1.807, 2.05) is 0 Å². The zero-order valence-corrected chi connectivity index (χ0v) is 15.6. The largest absolute Gasteiger partial charge is 0.444 e. The fraction of sp³-hybridized carbons (Fsp3) is 0.368. The van der Waals surface area contributed by atoms with Crippen molar-refractivity contribution in [3.05, 3.63) is 47.8 Å². The Balaban J connectivity index is 1.60. The van der Waals surface area contributed by atoms with E-state index in [0.717, 1.165) is 6.08 Å². The number of nitrogens with zero attached hydrogens (tertiary/aromatic N) is 2. The number of hydrogen-bond donors (Lipinski definition) is 2. The van der Waals surface area contributed by atoms with Gasteiger partial charge in [0.25, 0.3) is 0 Å². The summed E-state index contributed by atoms with van der Waals surface area (Å²) in [4.78, 5) is 50.3. The molecular weight excluding hydrogens is 383 g/mol. The van der Waals surface area contributed by atoms with Crippen LogP contribution in [0.1, 0.15) is 17.5 Å². The Morgan fingerprint density at radius 3 is 2.72 bits per heavy atom. The van der Waals surface area contributed by atoms with Crippen LogP contribution in [0.4, 0.5) is 9.18 Å². The Morgan fingerprint density at radius 1 is 1.31 bits per heavy atom. The van der Waals surface area contributed by atoms with Gasteiger partial charge in [-0.05, 0) is 17.7 Å². The number of amides is 4. The number of likely N-dealkylation sites (tertiary alicyclic amines) is 1. The Labute approximate surface area is 166 Å². The average molecular weight is 404 g/mol. The van der Waals surface area contributed by atoms with E-state index in [-0.39, 0.29) is 38.4 Å². The van der Waals surface area contributed by atoms with Crippen molar-refractivity contribution in [2.75, 3.05) is 13.1 Å². The van der Waals surface area contributed by atoms with Crippen LogP contribution in [-0.4, -0.2) is 58.8 Å². The minimum atomic E-state index is -0.950. The summed E-state index contributed by atoms with van der Waals surface area (Å²) in [6, 6.07) is 3.69. The number of primary amides is 1. The molecule has 4 amide bonds. The van der Waals surface area contributed by atoms with Crippen LogP contribution in [0.3, 0.4) is 0 Å². The van der Waals surface area contributed by atoms with E-state index in [1.165, 1.54) is 15.9 Å². The van der Waals surface area contributed by atoms with Crippen molar-refractivity contribution in [1.82, 2.24) is 15.1 Å². The van der Waals surface area contributed by atoms with Gasteiger partial charge in [-0.15, -0.1) is 0 Å². The summed E-state index contributed by atoms with van der Waals surface area (Å²) in [6.45, 7) is 3.22. The summed E-state index contributed by atoms with van der Waals surface area (Å²) in [5.41, 5.74) is 6.52. The van der Waals surface area contributed by atoms with Crippen LogP contribution < -0.4 is 11.1 Å². The van der Waals surface area contributed by atoms with Crippen molar-refractivity contribution < 1.29 is 28.3 Å². The summed E-state index contributed by atoms with van der Waals surface area (Å²) in [5.74, 6) is -2.18. The van der Waals surface area contributed by atoms with Crippen molar-refractivity contribution in [2.45, 2.75) is 31.7 Å².